The zero-order valence-corrected chi connectivity index (χ0v) is 20.4. The SMILES string of the molecule is O=C(Nc1cccc(N2CCC(NCc3csc(Cc4ccccc4)n3)CC2)c1)c1ccncc1. The average Bonchev–Trinajstić information content (AvgIpc) is 3.36. The highest BCUT2D eigenvalue weighted by Gasteiger charge is 2.20. The Morgan fingerprint density at radius 3 is 2.60 bits per heavy atom. The topological polar surface area (TPSA) is 70.2 Å². The third-order valence-corrected chi connectivity index (χ3v) is 7.17. The second-order valence-electron chi connectivity index (χ2n) is 8.78. The molecular formula is C28H29N5OS. The first kappa shape index (κ1) is 23.2. The van der Waals surface area contributed by atoms with Gasteiger partial charge in [0, 0.05) is 66.8 Å². The lowest BCUT2D eigenvalue weighted by atomic mass is 10.0. The number of piperidine rings is 1. The summed E-state index contributed by atoms with van der Waals surface area (Å²) in [4.78, 5) is 23.6. The number of benzene rings is 2. The number of hydrogen-bond donors (Lipinski definition) is 2. The van der Waals surface area contributed by atoms with Crippen LogP contribution in [0.15, 0.2) is 84.5 Å². The van der Waals surface area contributed by atoms with Crippen LogP contribution >= 0.6 is 11.3 Å². The molecule has 2 aromatic heterocycles. The third-order valence-electron chi connectivity index (χ3n) is 6.28. The first-order valence-corrected chi connectivity index (χ1v) is 12.9. The lowest BCUT2D eigenvalue weighted by Gasteiger charge is -2.34. The molecule has 5 rings (SSSR count). The van der Waals surface area contributed by atoms with E-state index < -0.39 is 0 Å². The predicted molar refractivity (Wildman–Crippen MR) is 142 cm³/mol. The summed E-state index contributed by atoms with van der Waals surface area (Å²) in [5.41, 5.74) is 4.97. The van der Waals surface area contributed by atoms with Gasteiger partial charge in [-0.2, -0.15) is 0 Å². The van der Waals surface area contributed by atoms with Gasteiger partial charge in [-0.05, 0) is 48.7 Å². The van der Waals surface area contributed by atoms with Crippen LogP contribution in [0.3, 0.4) is 0 Å². The summed E-state index contributed by atoms with van der Waals surface area (Å²) in [5, 5.41) is 10.0. The predicted octanol–water partition coefficient (Wildman–Crippen LogP) is 5.14. The number of hydrogen-bond acceptors (Lipinski definition) is 6. The van der Waals surface area contributed by atoms with E-state index in [4.69, 9.17) is 4.98 Å². The summed E-state index contributed by atoms with van der Waals surface area (Å²) in [6.45, 7) is 2.78. The van der Waals surface area contributed by atoms with Crippen LogP contribution in [-0.2, 0) is 13.0 Å². The Kier molecular flexibility index (Phi) is 7.46. The highest BCUT2D eigenvalue weighted by Crippen LogP contribution is 2.24. The molecule has 1 amide bonds. The van der Waals surface area contributed by atoms with Gasteiger partial charge in [-0.15, -0.1) is 11.3 Å². The van der Waals surface area contributed by atoms with Gasteiger partial charge in [0.1, 0.15) is 0 Å². The molecule has 7 heteroatoms. The molecular weight excluding hydrogens is 454 g/mol. The van der Waals surface area contributed by atoms with Gasteiger partial charge < -0.3 is 15.5 Å². The van der Waals surface area contributed by atoms with Crippen molar-refractivity contribution in [1.29, 1.82) is 0 Å². The van der Waals surface area contributed by atoms with Gasteiger partial charge in [0.05, 0.1) is 10.7 Å². The van der Waals surface area contributed by atoms with E-state index in [2.05, 4.69) is 62.3 Å². The van der Waals surface area contributed by atoms with Gasteiger partial charge in [-0.1, -0.05) is 36.4 Å². The highest BCUT2D eigenvalue weighted by molar-refractivity contribution is 7.09. The average molecular weight is 484 g/mol. The van der Waals surface area contributed by atoms with Crippen LogP contribution in [0, 0.1) is 0 Å². The molecule has 1 fully saturated rings. The van der Waals surface area contributed by atoms with Gasteiger partial charge in [0.25, 0.3) is 5.91 Å². The first-order chi connectivity index (χ1) is 17.2. The Morgan fingerprint density at radius 2 is 1.80 bits per heavy atom. The fourth-order valence-electron chi connectivity index (χ4n) is 4.36. The molecule has 1 aliphatic heterocycles. The van der Waals surface area contributed by atoms with Crippen molar-refractivity contribution in [3.05, 3.63) is 106 Å². The zero-order chi connectivity index (χ0) is 23.9. The largest absolute Gasteiger partial charge is 0.371 e. The normalized spacial score (nSPS) is 14.1. The maximum absolute atomic E-state index is 12.5. The van der Waals surface area contributed by atoms with Crippen molar-refractivity contribution in [2.45, 2.75) is 31.8 Å². The Morgan fingerprint density at radius 1 is 1.00 bits per heavy atom. The number of thiazole rings is 1. The van der Waals surface area contributed by atoms with Gasteiger partial charge in [-0.25, -0.2) is 4.98 Å². The molecule has 178 valence electrons. The van der Waals surface area contributed by atoms with E-state index in [1.165, 1.54) is 10.6 Å². The summed E-state index contributed by atoms with van der Waals surface area (Å²) in [6.07, 6.45) is 6.30. The van der Waals surface area contributed by atoms with E-state index in [1.807, 2.05) is 18.2 Å². The molecule has 0 unspecified atom stereocenters. The fraction of sp³-hybridized carbons (Fsp3) is 0.250. The molecule has 1 aliphatic rings. The van der Waals surface area contributed by atoms with Crippen molar-refractivity contribution in [3.63, 3.8) is 0 Å². The van der Waals surface area contributed by atoms with Crippen molar-refractivity contribution in [1.82, 2.24) is 15.3 Å². The number of pyridine rings is 1. The van der Waals surface area contributed by atoms with Gasteiger partial charge in [0.2, 0.25) is 0 Å². The van der Waals surface area contributed by atoms with Crippen LogP contribution < -0.4 is 15.5 Å². The summed E-state index contributed by atoms with van der Waals surface area (Å²) in [7, 11) is 0. The van der Waals surface area contributed by atoms with Crippen molar-refractivity contribution in [2.75, 3.05) is 23.3 Å². The molecule has 3 heterocycles. The van der Waals surface area contributed by atoms with Crippen LogP contribution in [-0.4, -0.2) is 35.0 Å². The summed E-state index contributed by atoms with van der Waals surface area (Å²) >= 11 is 1.74. The number of carbonyl (C=O) groups excluding carboxylic acids is 1. The lowest BCUT2D eigenvalue weighted by Crippen LogP contribution is -2.42. The Labute approximate surface area is 210 Å². The first-order valence-electron chi connectivity index (χ1n) is 12.0. The van der Waals surface area contributed by atoms with Crippen LogP contribution in [0.1, 0.15) is 39.5 Å². The molecule has 0 atom stereocenters. The van der Waals surface area contributed by atoms with Gasteiger partial charge >= 0.3 is 0 Å². The molecule has 0 spiro atoms. The maximum atomic E-state index is 12.5. The van der Waals surface area contributed by atoms with E-state index in [0.29, 0.717) is 11.6 Å². The monoisotopic (exact) mass is 483 g/mol. The van der Waals surface area contributed by atoms with Crippen LogP contribution in [0.5, 0.6) is 0 Å². The minimum atomic E-state index is -0.124. The summed E-state index contributed by atoms with van der Waals surface area (Å²) in [6, 6.07) is 22.5. The maximum Gasteiger partial charge on any atom is 0.255 e. The van der Waals surface area contributed by atoms with E-state index in [0.717, 1.165) is 56.0 Å². The molecule has 0 radical (unpaired) electrons. The minimum Gasteiger partial charge on any atom is -0.371 e. The van der Waals surface area contributed by atoms with Crippen LogP contribution in [0.25, 0.3) is 0 Å². The van der Waals surface area contributed by atoms with E-state index in [9.17, 15) is 4.79 Å². The van der Waals surface area contributed by atoms with Gasteiger partial charge in [0.15, 0.2) is 0 Å². The highest BCUT2D eigenvalue weighted by atomic mass is 32.1. The fourth-order valence-corrected chi connectivity index (χ4v) is 5.19. The molecule has 0 saturated carbocycles. The Bertz CT molecular complexity index is 1240. The van der Waals surface area contributed by atoms with E-state index >= 15 is 0 Å². The molecule has 1 saturated heterocycles. The second-order valence-corrected chi connectivity index (χ2v) is 9.72. The Balaban J connectivity index is 1.09. The van der Waals surface area contributed by atoms with Crippen molar-refractivity contribution < 1.29 is 4.79 Å². The molecule has 2 aromatic carbocycles. The number of nitrogens with zero attached hydrogens (tertiary/aromatic N) is 3. The lowest BCUT2D eigenvalue weighted by molar-refractivity contribution is 0.102. The van der Waals surface area contributed by atoms with Crippen molar-refractivity contribution >= 4 is 28.6 Å². The van der Waals surface area contributed by atoms with Crippen molar-refractivity contribution in [3.8, 4) is 0 Å². The smallest absolute Gasteiger partial charge is 0.255 e. The quantitative estimate of drug-likeness (QED) is 0.363. The molecule has 4 aromatic rings. The number of aromatic nitrogens is 2. The molecule has 2 N–H and O–H groups in total. The van der Waals surface area contributed by atoms with Gasteiger partial charge in [-0.3, -0.25) is 9.78 Å². The summed E-state index contributed by atoms with van der Waals surface area (Å²) < 4.78 is 0. The van der Waals surface area contributed by atoms with Crippen LogP contribution in [0.2, 0.25) is 0 Å². The number of anilines is 2. The number of carbonyl (C=O) groups is 1. The molecule has 0 aliphatic carbocycles. The summed E-state index contributed by atoms with van der Waals surface area (Å²) in [5.74, 6) is -0.124. The Hall–Kier alpha value is -3.55. The number of rotatable bonds is 8. The molecule has 35 heavy (non-hydrogen) atoms. The molecule has 0 bridgehead atoms. The van der Waals surface area contributed by atoms with E-state index in [1.54, 1.807) is 35.9 Å². The molecule has 6 nitrogen and oxygen atoms in total. The zero-order valence-electron chi connectivity index (χ0n) is 19.6. The second kappa shape index (κ2) is 11.3. The minimum absolute atomic E-state index is 0.124. The van der Waals surface area contributed by atoms with Crippen LogP contribution in [0.4, 0.5) is 11.4 Å². The third kappa shape index (κ3) is 6.32. The van der Waals surface area contributed by atoms with Crippen molar-refractivity contribution in [2.24, 2.45) is 0 Å². The number of amides is 1. The number of nitrogens with one attached hydrogen (secondary N) is 2. The standard InChI is InChI=1S/C28H29N5OS/c34-28(22-9-13-29-14-10-22)32-24-7-4-8-26(18-24)33-15-11-23(12-16-33)30-19-25-20-35-27(31-25)17-21-5-2-1-3-6-21/h1-10,13-14,18,20,23,30H,11-12,15-17,19H2,(H,32,34). The van der Waals surface area contributed by atoms with E-state index in [-0.39, 0.29) is 5.91 Å².